The van der Waals surface area contributed by atoms with Crippen LogP contribution in [0.1, 0.15) is 51.4 Å². The Morgan fingerprint density at radius 1 is 1.03 bits per heavy atom. The summed E-state index contributed by atoms with van der Waals surface area (Å²) in [6, 6.07) is 8.48. The zero-order valence-electron chi connectivity index (χ0n) is 20.8. The second kappa shape index (κ2) is 11.3. The van der Waals surface area contributed by atoms with E-state index in [1.54, 1.807) is 6.20 Å². The lowest BCUT2D eigenvalue weighted by atomic mass is 9.84. The second-order valence-corrected chi connectivity index (χ2v) is 10.5. The third-order valence-electron chi connectivity index (χ3n) is 7.57. The highest BCUT2D eigenvalue weighted by Crippen LogP contribution is 2.33. The number of aromatic nitrogens is 3. The van der Waals surface area contributed by atoms with Crippen LogP contribution in [0.15, 0.2) is 49.3 Å². The lowest BCUT2D eigenvalue weighted by molar-refractivity contribution is -0.127. The number of hydrogen-bond donors (Lipinski definition) is 4. The quantitative estimate of drug-likeness (QED) is 0.328. The lowest BCUT2D eigenvalue weighted by Gasteiger charge is -2.33. The van der Waals surface area contributed by atoms with Crippen molar-refractivity contribution in [2.24, 2.45) is 5.92 Å². The number of fused-ring (bicyclic) bond motifs is 1. The number of halogens is 1. The highest BCUT2D eigenvalue weighted by atomic mass is 35.5. The van der Waals surface area contributed by atoms with E-state index in [0.29, 0.717) is 16.7 Å². The van der Waals surface area contributed by atoms with E-state index in [1.165, 1.54) is 6.08 Å². The summed E-state index contributed by atoms with van der Waals surface area (Å²) in [7, 11) is 0. The summed E-state index contributed by atoms with van der Waals surface area (Å²) >= 11 is 6.49. The summed E-state index contributed by atoms with van der Waals surface area (Å²) in [4.78, 5) is 37.0. The van der Waals surface area contributed by atoms with Crippen molar-refractivity contribution in [3.05, 3.63) is 54.3 Å². The molecule has 2 aliphatic rings. The SMILES string of the molecule is C=CC(=O)N[C@H]1CC[C@@H](C(=O)N[C@H]2CCC[C@@H](Nc3ncc(Cl)c(-c4c[nH]c5ccccc45)n3)C2)CC1. The summed E-state index contributed by atoms with van der Waals surface area (Å²) < 4.78 is 0. The topological polar surface area (TPSA) is 112 Å². The number of carbonyl (C=O) groups excluding carboxylic acids is 2. The third kappa shape index (κ3) is 5.96. The predicted octanol–water partition coefficient (Wildman–Crippen LogP) is 4.98. The number of carbonyl (C=O) groups is 2. The Hall–Kier alpha value is -3.39. The first-order chi connectivity index (χ1) is 18.0. The van der Waals surface area contributed by atoms with Gasteiger partial charge in [0.25, 0.3) is 0 Å². The maximum atomic E-state index is 13.0. The maximum absolute atomic E-state index is 13.0. The van der Waals surface area contributed by atoms with E-state index >= 15 is 0 Å². The number of hydrogen-bond acceptors (Lipinski definition) is 5. The van der Waals surface area contributed by atoms with Crippen LogP contribution in [0.3, 0.4) is 0 Å². The average Bonchev–Trinajstić information content (AvgIpc) is 3.34. The maximum Gasteiger partial charge on any atom is 0.243 e. The normalized spacial score (nSPS) is 23.8. The predicted molar refractivity (Wildman–Crippen MR) is 146 cm³/mol. The van der Waals surface area contributed by atoms with Gasteiger partial charge in [-0.25, -0.2) is 9.97 Å². The summed E-state index contributed by atoms with van der Waals surface area (Å²) in [5.74, 6) is 0.528. The molecule has 2 saturated carbocycles. The monoisotopic (exact) mass is 520 g/mol. The molecule has 3 aromatic rings. The number of H-pyrrole nitrogens is 1. The Balaban J connectivity index is 1.17. The molecule has 4 N–H and O–H groups in total. The van der Waals surface area contributed by atoms with E-state index in [1.807, 2.05) is 30.5 Å². The number of nitrogens with one attached hydrogen (secondary N) is 4. The Kier molecular flexibility index (Phi) is 7.74. The standard InChI is InChI=1S/C28H33ClN6O2/c1-2-25(36)32-18-12-10-17(11-13-18)27(37)33-19-6-5-7-20(14-19)34-28-31-16-23(29)26(35-28)22-15-30-24-9-4-3-8-21(22)24/h2-4,8-9,15-20,30H,1,5-7,10-14H2,(H,32,36)(H,33,37)(H,31,34,35)/t17-,18+,19-,20+/m0/s1. The zero-order chi connectivity index (χ0) is 25.8. The van der Waals surface area contributed by atoms with Crippen molar-refractivity contribution in [1.29, 1.82) is 0 Å². The van der Waals surface area contributed by atoms with Gasteiger partial charge in [0.2, 0.25) is 17.8 Å². The van der Waals surface area contributed by atoms with Gasteiger partial charge < -0.3 is 20.9 Å². The van der Waals surface area contributed by atoms with Crippen LogP contribution in [0.5, 0.6) is 0 Å². The molecule has 2 amide bonds. The smallest absolute Gasteiger partial charge is 0.243 e. The average molecular weight is 521 g/mol. The van der Waals surface area contributed by atoms with Crippen molar-refractivity contribution in [3.63, 3.8) is 0 Å². The van der Waals surface area contributed by atoms with Crippen LogP contribution in [-0.4, -0.2) is 44.9 Å². The number of nitrogens with zero attached hydrogens (tertiary/aromatic N) is 2. The molecule has 0 spiro atoms. The van der Waals surface area contributed by atoms with Crippen molar-refractivity contribution in [3.8, 4) is 11.3 Å². The highest BCUT2D eigenvalue weighted by Gasteiger charge is 2.30. The Bertz CT molecular complexity index is 1280. The Labute approximate surface area is 221 Å². The summed E-state index contributed by atoms with van der Waals surface area (Å²) in [5.41, 5.74) is 2.67. The molecular weight excluding hydrogens is 488 g/mol. The molecule has 2 aliphatic carbocycles. The van der Waals surface area contributed by atoms with Crippen LogP contribution in [0.2, 0.25) is 5.02 Å². The number of aromatic amines is 1. The fraction of sp³-hybridized carbons (Fsp3) is 0.429. The summed E-state index contributed by atoms with van der Waals surface area (Å²) in [5, 5.41) is 11.3. The van der Waals surface area contributed by atoms with E-state index in [9.17, 15) is 9.59 Å². The van der Waals surface area contributed by atoms with Crippen LogP contribution in [0, 0.1) is 5.92 Å². The van der Waals surface area contributed by atoms with Crippen molar-refractivity contribution in [1.82, 2.24) is 25.6 Å². The summed E-state index contributed by atoms with van der Waals surface area (Å²) in [6.07, 6.45) is 11.9. The minimum atomic E-state index is -0.146. The van der Waals surface area contributed by atoms with Crippen LogP contribution in [0.4, 0.5) is 5.95 Å². The van der Waals surface area contributed by atoms with Crippen molar-refractivity contribution < 1.29 is 9.59 Å². The lowest BCUT2D eigenvalue weighted by Crippen LogP contribution is -2.46. The van der Waals surface area contributed by atoms with Gasteiger partial charge in [-0.15, -0.1) is 0 Å². The molecule has 2 atom stereocenters. The molecule has 194 valence electrons. The molecule has 0 bridgehead atoms. The van der Waals surface area contributed by atoms with E-state index in [-0.39, 0.29) is 35.9 Å². The molecule has 2 heterocycles. The van der Waals surface area contributed by atoms with Crippen molar-refractivity contribution in [2.75, 3.05) is 5.32 Å². The highest BCUT2D eigenvalue weighted by molar-refractivity contribution is 6.33. The molecule has 2 aromatic heterocycles. The zero-order valence-corrected chi connectivity index (χ0v) is 21.6. The molecule has 0 unspecified atom stereocenters. The van der Waals surface area contributed by atoms with Crippen molar-refractivity contribution >= 4 is 40.3 Å². The van der Waals surface area contributed by atoms with E-state index in [0.717, 1.165) is 67.8 Å². The Morgan fingerprint density at radius 2 is 1.81 bits per heavy atom. The van der Waals surface area contributed by atoms with Gasteiger partial charge >= 0.3 is 0 Å². The van der Waals surface area contributed by atoms with E-state index in [4.69, 9.17) is 16.6 Å². The van der Waals surface area contributed by atoms with Gasteiger partial charge in [-0.05, 0) is 63.5 Å². The van der Waals surface area contributed by atoms with Gasteiger partial charge in [-0.2, -0.15) is 0 Å². The van der Waals surface area contributed by atoms with Crippen LogP contribution in [0.25, 0.3) is 22.2 Å². The number of para-hydroxylation sites is 1. The minimum Gasteiger partial charge on any atom is -0.360 e. The first-order valence-corrected chi connectivity index (χ1v) is 13.5. The number of benzene rings is 1. The van der Waals surface area contributed by atoms with Gasteiger partial charge in [0.05, 0.1) is 16.9 Å². The van der Waals surface area contributed by atoms with Crippen LogP contribution < -0.4 is 16.0 Å². The molecule has 9 heteroatoms. The second-order valence-electron chi connectivity index (χ2n) is 10.1. The number of rotatable bonds is 7. The molecule has 1 aromatic carbocycles. The molecular formula is C28H33ClN6O2. The molecule has 2 fully saturated rings. The minimum absolute atomic E-state index is 0.00329. The summed E-state index contributed by atoms with van der Waals surface area (Å²) in [6.45, 7) is 3.50. The van der Waals surface area contributed by atoms with Crippen LogP contribution >= 0.6 is 11.6 Å². The van der Waals surface area contributed by atoms with Gasteiger partial charge in [0.15, 0.2) is 0 Å². The van der Waals surface area contributed by atoms with Gasteiger partial charge in [-0.1, -0.05) is 36.4 Å². The molecule has 37 heavy (non-hydrogen) atoms. The third-order valence-corrected chi connectivity index (χ3v) is 7.85. The Morgan fingerprint density at radius 3 is 2.62 bits per heavy atom. The van der Waals surface area contributed by atoms with E-state index < -0.39 is 0 Å². The molecule has 0 radical (unpaired) electrons. The van der Waals surface area contributed by atoms with Gasteiger partial charge in [0, 0.05) is 46.7 Å². The number of anilines is 1. The molecule has 8 nitrogen and oxygen atoms in total. The fourth-order valence-corrected chi connectivity index (χ4v) is 5.80. The molecule has 0 aliphatic heterocycles. The first-order valence-electron chi connectivity index (χ1n) is 13.1. The van der Waals surface area contributed by atoms with Crippen molar-refractivity contribution in [2.45, 2.75) is 69.5 Å². The number of amides is 2. The molecule has 5 rings (SSSR count). The van der Waals surface area contributed by atoms with E-state index in [2.05, 4.69) is 32.5 Å². The van der Waals surface area contributed by atoms with Crippen LogP contribution in [-0.2, 0) is 9.59 Å². The largest absolute Gasteiger partial charge is 0.360 e. The molecule has 0 saturated heterocycles. The fourth-order valence-electron chi connectivity index (χ4n) is 5.61. The van der Waals surface area contributed by atoms with Gasteiger partial charge in [-0.3, -0.25) is 9.59 Å². The first kappa shape index (κ1) is 25.3. The van der Waals surface area contributed by atoms with Gasteiger partial charge in [0.1, 0.15) is 0 Å².